The first-order chi connectivity index (χ1) is 8.66. The van der Waals surface area contributed by atoms with Gasteiger partial charge in [0.15, 0.2) is 0 Å². The molecule has 0 aliphatic heterocycles. The van der Waals surface area contributed by atoms with Gasteiger partial charge in [-0.05, 0) is 36.6 Å². The molecule has 0 saturated carbocycles. The van der Waals surface area contributed by atoms with Gasteiger partial charge in [-0.1, -0.05) is 12.1 Å². The SMILES string of the molecule is Oc1ccc(CC[C@H](O)c2ccccn2)c(O)c1. The van der Waals surface area contributed by atoms with E-state index in [0.29, 0.717) is 24.1 Å². The molecule has 3 N–H and O–H groups in total. The highest BCUT2D eigenvalue weighted by Crippen LogP contribution is 2.25. The highest BCUT2D eigenvalue weighted by Gasteiger charge is 2.10. The standard InChI is InChI=1S/C14H15NO3/c16-11-6-4-10(14(18)9-11)5-7-13(17)12-3-1-2-8-15-12/h1-4,6,8-9,13,16-18H,5,7H2/t13-/m0/s1. The molecule has 0 radical (unpaired) electrons. The summed E-state index contributed by atoms with van der Waals surface area (Å²) in [5, 5.41) is 28.7. The summed E-state index contributed by atoms with van der Waals surface area (Å²) in [6.07, 6.45) is 1.97. The molecule has 1 aromatic carbocycles. The van der Waals surface area contributed by atoms with Crippen molar-refractivity contribution >= 4 is 0 Å². The quantitative estimate of drug-likeness (QED) is 0.771. The molecule has 0 aliphatic rings. The van der Waals surface area contributed by atoms with E-state index in [1.807, 2.05) is 6.07 Å². The molecule has 1 aromatic heterocycles. The van der Waals surface area contributed by atoms with E-state index in [9.17, 15) is 15.3 Å². The lowest BCUT2D eigenvalue weighted by atomic mass is 10.0. The molecule has 0 bridgehead atoms. The number of phenolic OH excluding ortho intramolecular Hbond substituents is 2. The lowest BCUT2D eigenvalue weighted by Gasteiger charge is -2.10. The van der Waals surface area contributed by atoms with E-state index in [4.69, 9.17) is 0 Å². The average Bonchev–Trinajstić information content (AvgIpc) is 2.38. The summed E-state index contributed by atoms with van der Waals surface area (Å²) in [4.78, 5) is 4.07. The summed E-state index contributed by atoms with van der Waals surface area (Å²) in [7, 11) is 0. The fourth-order valence-electron chi connectivity index (χ4n) is 1.78. The molecule has 0 fully saturated rings. The summed E-state index contributed by atoms with van der Waals surface area (Å²) in [6, 6.07) is 9.84. The number of phenols is 2. The van der Waals surface area contributed by atoms with Crippen LogP contribution in [0.25, 0.3) is 0 Å². The zero-order valence-electron chi connectivity index (χ0n) is 9.82. The Labute approximate surface area is 105 Å². The van der Waals surface area contributed by atoms with E-state index < -0.39 is 6.10 Å². The highest BCUT2D eigenvalue weighted by molar-refractivity contribution is 5.39. The van der Waals surface area contributed by atoms with E-state index in [1.54, 1.807) is 24.4 Å². The van der Waals surface area contributed by atoms with Crippen LogP contribution in [0.4, 0.5) is 0 Å². The van der Waals surface area contributed by atoms with Crippen molar-refractivity contribution in [3.05, 3.63) is 53.9 Å². The molecule has 2 aromatic rings. The van der Waals surface area contributed by atoms with E-state index >= 15 is 0 Å². The molecule has 0 saturated heterocycles. The van der Waals surface area contributed by atoms with Crippen molar-refractivity contribution in [3.63, 3.8) is 0 Å². The largest absolute Gasteiger partial charge is 0.508 e. The van der Waals surface area contributed by atoms with E-state index in [2.05, 4.69) is 4.98 Å². The van der Waals surface area contributed by atoms with Crippen molar-refractivity contribution in [2.24, 2.45) is 0 Å². The van der Waals surface area contributed by atoms with E-state index in [-0.39, 0.29) is 11.5 Å². The lowest BCUT2D eigenvalue weighted by Crippen LogP contribution is -2.01. The second-order valence-electron chi connectivity index (χ2n) is 4.12. The normalized spacial score (nSPS) is 12.3. The number of nitrogens with zero attached hydrogens (tertiary/aromatic N) is 1. The van der Waals surface area contributed by atoms with Crippen LogP contribution in [0, 0.1) is 0 Å². The molecule has 0 spiro atoms. The van der Waals surface area contributed by atoms with Crippen molar-refractivity contribution < 1.29 is 15.3 Å². The van der Waals surface area contributed by atoms with Crippen molar-refractivity contribution in [2.45, 2.75) is 18.9 Å². The molecule has 0 amide bonds. The van der Waals surface area contributed by atoms with Crippen LogP contribution in [0.1, 0.15) is 23.8 Å². The van der Waals surface area contributed by atoms with Gasteiger partial charge in [0.05, 0.1) is 11.8 Å². The Kier molecular flexibility index (Phi) is 3.79. The molecule has 2 rings (SSSR count). The van der Waals surface area contributed by atoms with E-state index in [1.165, 1.54) is 12.1 Å². The van der Waals surface area contributed by atoms with Crippen molar-refractivity contribution in [2.75, 3.05) is 0 Å². The van der Waals surface area contributed by atoms with Gasteiger partial charge < -0.3 is 15.3 Å². The average molecular weight is 245 g/mol. The van der Waals surface area contributed by atoms with Gasteiger partial charge in [0.1, 0.15) is 11.5 Å². The minimum absolute atomic E-state index is 0.0292. The number of aromatic hydroxyl groups is 2. The lowest BCUT2D eigenvalue weighted by molar-refractivity contribution is 0.163. The summed E-state index contributed by atoms with van der Waals surface area (Å²) in [5.74, 6) is 0.0738. The molecule has 0 aliphatic carbocycles. The Balaban J connectivity index is 1.99. The Morgan fingerprint density at radius 1 is 1.11 bits per heavy atom. The van der Waals surface area contributed by atoms with Crippen molar-refractivity contribution in [1.82, 2.24) is 4.98 Å². The number of rotatable bonds is 4. The number of hydrogen-bond donors (Lipinski definition) is 3. The second-order valence-corrected chi connectivity index (χ2v) is 4.12. The smallest absolute Gasteiger partial charge is 0.122 e. The summed E-state index contributed by atoms with van der Waals surface area (Å²) in [6.45, 7) is 0. The number of aliphatic hydroxyl groups excluding tert-OH is 1. The predicted octanol–water partition coefficient (Wildman–Crippen LogP) is 2.16. The first-order valence-corrected chi connectivity index (χ1v) is 5.76. The topological polar surface area (TPSA) is 73.6 Å². The van der Waals surface area contributed by atoms with E-state index in [0.717, 1.165) is 0 Å². The predicted molar refractivity (Wildman–Crippen MR) is 67.3 cm³/mol. The van der Waals surface area contributed by atoms with Crippen LogP contribution in [0.5, 0.6) is 11.5 Å². The van der Waals surface area contributed by atoms with Crippen LogP contribution < -0.4 is 0 Å². The summed E-state index contributed by atoms with van der Waals surface area (Å²) >= 11 is 0. The van der Waals surface area contributed by atoms with Gasteiger partial charge >= 0.3 is 0 Å². The second kappa shape index (κ2) is 5.51. The van der Waals surface area contributed by atoms with Crippen molar-refractivity contribution in [3.8, 4) is 11.5 Å². The van der Waals surface area contributed by atoms with Crippen LogP contribution in [0.15, 0.2) is 42.6 Å². The van der Waals surface area contributed by atoms with Gasteiger partial charge in [0.25, 0.3) is 0 Å². The van der Waals surface area contributed by atoms with Gasteiger partial charge in [-0.15, -0.1) is 0 Å². The first kappa shape index (κ1) is 12.4. The summed E-state index contributed by atoms with van der Waals surface area (Å²) < 4.78 is 0. The highest BCUT2D eigenvalue weighted by atomic mass is 16.3. The maximum absolute atomic E-state index is 9.93. The van der Waals surface area contributed by atoms with Crippen LogP contribution >= 0.6 is 0 Å². The van der Waals surface area contributed by atoms with Crippen LogP contribution in [0.2, 0.25) is 0 Å². The molecule has 4 heteroatoms. The van der Waals surface area contributed by atoms with Gasteiger partial charge in [-0.3, -0.25) is 4.98 Å². The Bertz CT molecular complexity index is 514. The molecule has 1 heterocycles. The molecular formula is C14H15NO3. The maximum atomic E-state index is 9.93. The van der Waals surface area contributed by atoms with Gasteiger partial charge in [0, 0.05) is 12.3 Å². The Hall–Kier alpha value is -2.07. The Morgan fingerprint density at radius 2 is 1.94 bits per heavy atom. The minimum atomic E-state index is -0.653. The van der Waals surface area contributed by atoms with Gasteiger partial charge in [-0.2, -0.15) is 0 Å². The number of pyridine rings is 1. The van der Waals surface area contributed by atoms with Crippen molar-refractivity contribution in [1.29, 1.82) is 0 Å². The number of benzene rings is 1. The molecule has 1 atom stereocenters. The minimum Gasteiger partial charge on any atom is -0.508 e. The third kappa shape index (κ3) is 2.99. The molecular weight excluding hydrogens is 230 g/mol. The zero-order valence-corrected chi connectivity index (χ0v) is 9.82. The third-order valence-electron chi connectivity index (χ3n) is 2.79. The molecule has 0 unspecified atom stereocenters. The van der Waals surface area contributed by atoms with Crippen LogP contribution in [-0.2, 0) is 6.42 Å². The number of aryl methyl sites for hydroxylation is 1. The molecule has 18 heavy (non-hydrogen) atoms. The summed E-state index contributed by atoms with van der Waals surface area (Å²) in [5.41, 5.74) is 1.32. The number of aliphatic hydroxyl groups is 1. The molecule has 94 valence electrons. The zero-order chi connectivity index (χ0) is 13.0. The Morgan fingerprint density at radius 3 is 2.61 bits per heavy atom. The van der Waals surface area contributed by atoms with Crippen LogP contribution in [-0.4, -0.2) is 20.3 Å². The molecule has 4 nitrogen and oxygen atoms in total. The van der Waals surface area contributed by atoms with Crippen LogP contribution in [0.3, 0.4) is 0 Å². The monoisotopic (exact) mass is 245 g/mol. The number of hydrogen-bond acceptors (Lipinski definition) is 4. The van der Waals surface area contributed by atoms with Gasteiger partial charge in [0.2, 0.25) is 0 Å². The third-order valence-corrected chi connectivity index (χ3v) is 2.79. The fourth-order valence-corrected chi connectivity index (χ4v) is 1.78. The number of aromatic nitrogens is 1. The maximum Gasteiger partial charge on any atom is 0.122 e. The fraction of sp³-hybridized carbons (Fsp3) is 0.214. The van der Waals surface area contributed by atoms with Gasteiger partial charge in [-0.25, -0.2) is 0 Å². The first-order valence-electron chi connectivity index (χ1n) is 5.76.